The van der Waals surface area contributed by atoms with Gasteiger partial charge in [0.25, 0.3) is 0 Å². The fourth-order valence-electron chi connectivity index (χ4n) is 2.88. The van der Waals surface area contributed by atoms with Gasteiger partial charge in [0.15, 0.2) is 0 Å². The quantitative estimate of drug-likeness (QED) is 0.760. The maximum atomic E-state index is 5.68. The Morgan fingerprint density at radius 3 is 2.62 bits per heavy atom. The molecule has 1 aromatic carbocycles. The van der Waals surface area contributed by atoms with E-state index in [1.165, 1.54) is 44.1 Å². The van der Waals surface area contributed by atoms with Crippen molar-refractivity contribution in [1.29, 1.82) is 0 Å². The second kappa shape index (κ2) is 5.38. The fraction of sp³-hybridized carbons (Fsp3) is 0.600. The zero-order valence-corrected chi connectivity index (χ0v) is 10.3. The standard InChI is InChI=1S/C15H23N/c1-12-3-2-4-14(11-12)6-5-13-7-9-15(16)10-8-13/h7-10,12,14H,2-6,11,16H2,1H3. The topological polar surface area (TPSA) is 26.0 Å². The highest BCUT2D eigenvalue weighted by Gasteiger charge is 2.18. The van der Waals surface area contributed by atoms with Crippen molar-refractivity contribution in [3.05, 3.63) is 29.8 Å². The molecule has 0 saturated heterocycles. The smallest absolute Gasteiger partial charge is 0.0314 e. The maximum Gasteiger partial charge on any atom is 0.0314 e. The van der Waals surface area contributed by atoms with Gasteiger partial charge in [-0.15, -0.1) is 0 Å². The summed E-state index contributed by atoms with van der Waals surface area (Å²) in [7, 11) is 0. The van der Waals surface area contributed by atoms with E-state index in [0.717, 1.165) is 17.5 Å². The zero-order chi connectivity index (χ0) is 11.4. The van der Waals surface area contributed by atoms with E-state index in [1.54, 1.807) is 0 Å². The van der Waals surface area contributed by atoms with Crippen LogP contribution in [0.25, 0.3) is 0 Å². The molecule has 1 saturated carbocycles. The molecule has 0 amide bonds. The lowest BCUT2D eigenvalue weighted by atomic mass is 9.80. The Morgan fingerprint density at radius 2 is 1.94 bits per heavy atom. The highest BCUT2D eigenvalue weighted by atomic mass is 14.5. The zero-order valence-electron chi connectivity index (χ0n) is 10.3. The average Bonchev–Trinajstić information content (AvgIpc) is 2.28. The fourth-order valence-corrected chi connectivity index (χ4v) is 2.88. The lowest BCUT2D eigenvalue weighted by molar-refractivity contribution is 0.270. The van der Waals surface area contributed by atoms with E-state index < -0.39 is 0 Å². The lowest BCUT2D eigenvalue weighted by Gasteiger charge is -2.26. The summed E-state index contributed by atoms with van der Waals surface area (Å²) in [6.07, 6.45) is 8.34. The van der Waals surface area contributed by atoms with Crippen molar-refractivity contribution in [2.45, 2.75) is 45.4 Å². The van der Waals surface area contributed by atoms with Crippen LogP contribution in [0.15, 0.2) is 24.3 Å². The number of benzene rings is 1. The summed E-state index contributed by atoms with van der Waals surface area (Å²) in [6.45, 7) is 2.40. The lowest BCUT2D eigenvalue weighted by Crippen LogP contribution is -2.13. The van der Waals surface area contributed by atoms with Crippen LogP contribution < -0.4 is 5.73 Å². The van der Waals surface area contributed by atoms with Gasteiger partial charge >= 0.3 is 0 Å². The average molecular weight is 217 g/mol. The van der Waals surface area contributed by atoms with E-state index in [1.807, 2.05) is 12.1 Å². The van der Waals surface area contributed by atoms with E-state index in [9.17, 15) is 0 Å². The molecule has 1 aromatic rings. The van der Waals surface area contributed by atoms with Gasteiger partial charge in [0.1, 0.15) is 0 Å². The Labute approximate surface area is 99.0 Å². The molecule has 0 radical (unpaired) electrons. The molecule has 0 spiro atoms. The minimum Gasteiger partial charge on any atom is -0.399 e. The van der Waals surface area contributed by atoms with E-state index in [2.05, 4.69) is 19.1 Å². The number of nitrogens with two attached hydrogens (primary N) is 1. The van der Waals surface area contributed by atoms with Crippen molar-refractivity contribution in [2.24, 2.45) is 11.8 Å². The number of anilines is 1. The Morgan fingerprint density at radius 1 is 1.19 bits per heavy atom. The van der Waals surface area contributed by atoms with Crippen molar-refractivity contribution in [3.63, 3.8) is 0 Å². The molecule has 1 heteroatoms. The summed E-state index contributed by atoms with van der Waals surface area (Å²) in [5, 5.41) is 0. The van der Waals surface area contributed by atoms with Gasteiger partial charge in [-0.05, 0) is 48.8 Å². The van der Waals surface area contributed by atoms with E-state index in [0.29, 0.717) is 0 Å². The third-order valence-electron chi connectivity index (χ3n) is 3.87. The molecule has 16 heavy (non-hydrogen) atoms. The summed E-state index contributed by atoms with van der Waals surface area (Å²) in [6, 6.07) is 8.36. The Hall–Kier alpha value is -0.980. The predicted molar refractivity (Wildman–Crippen MR) is 70.3 cm³/mol. The van der Waals surface area contributed by atoms with Gasteiger partial charge in [-0.2, -0.15) is 0 Å². The molecule has 0 aliphatic heterocycles. The monoisotopic (exact) mass is 217 g/mol. The minimum atomic E-state index is 0.870. The first-order chi connectivity index (χ1) is 7.74. The Balaban J connectivity index is 1.80. The van der Waals surface area contributed by atoms with Crippen LogP contribution in [0.1, 0.15) is 44.6 Å². The van der Waals surface area contributed by atoms with Crippen LogP contribution >= 0.6 is 0 Å². The molecule has 2 N–H and O–H groups in total. The van der Waals surface area contributed by atoms with Crippen LogP contribution in [0, 0.1) is 11.8 Å². The van der Waals surface area contributed by atoms with E-state index in [4.69, 9.17) is 5.73 Å². The van der Waals surface area contributed by atoms with Crippen molar-refractivity contribution in [1.82, 2.24) is 0 Å². The summed E-state index contributed by atoms with van der Waals surface area (Å²) in [4.78, 5) is 0. The predicted octanol–water partition coefficient (Wildman–Crippen LogP) is 4.03. The Kier molecular flexibility index (Phi) is 3.87. The molecule has 2 rings (SSSR count). The molecule has 0 bridgehead atoms. The molecular weight excluding hydrogens is 194 g/mol. The molecule has 1 fully saturated rings. The molecule has 0 heterocycles. The molecule has 1 aliphatic carbocycles. The Bertz CT molecular complexity index is 315. The van der Waals surface area contributed by atoms with Gasteiger partial charge in [0.05, 0.1) is 0 Å². The van der Waals surface area contributed by atoms with Crippen LogP contribution in [0.4, 0.5) is 5.69 Å². The van der Waals surface area contributed by atoms with Crippen molar-refractivity contribution >= 4 is 5.69 Å². The number of nitrogen functional groups attached to an aromatic ring is 1. The van der Waals surface area contributed by atoms with E-state index in [-0.39, 0.29) is 0 Å². The normalized spacial score (nSPS) is 25.6. The van der Waals surface area contributed by atoms with Crippen molar-refractivity contribution in [3.8, 4) is 0 Å². The molecular formula is C15H23N. The molecule has 2 atom stereocenters. The van der Waals surface area contributed by atoms with Gasteiger partial charge in [-0.1, -0.05) is 38.3 Å². The SMILES string of the molecule is CC1CCCC(CCc2ccc(N)cc2)C1. The first-order valence-corrected chi connectivity index (χ1v) is 6.58. The number of rotatable bonds is 3. The molecule has 1 nitrogen and oxygen atoms in total. The first kappa shape index (κ1) is 11.5. The maximum absolute atomic E-state index is 5.68. The van der Waals surface area contributed by atoms with Gasteiger partial charge in [0, 0.05) is 5.69 Å². The van der Waals surface area contributed by atoms with Crippen molar-refractivity contribution < 1.29 is 0 Å². The largest absolute Gasteiger partial charge is 0.399 e. The highest BCUT2D eigenvalue weighted by molar-refractivity contribution is 5.39. The van der Waals surface area contributed by atoms with Crippen LogP contribution in [-0.2, 0) is 6.42 Å². The molecule has 0 aromatic heterocycles. The number of aryl methyl sites for hydroxylation is 1. The third-order valence-corrected chi connectivity index (χ3v) is 3.87. The third kappa shape index (κ3) is 3.26. The van der Waals surface area contributed by atoms with Crippen LogP contribution in [0.3, 0.4) is 0 Å². The molecule has 88 valence electrons. The summed E-state index contributed by atoms with van der Waals surface area (Å²) < 4.78 is 0. The highest BCUT2D eigenvalue weighted by Crippen LogP contribution is 2.31. The number of hydrogen-bond donors (Lipinski definition) is 1. The molecule has 1 aliphatic rings. The second-order valence-electron chi connectivity index (χ2n) is 5.42. The van der Waals surface area contributed by atoms with Gasteiger partial charge in [-0.25, -0.2) is 0 Å². The van der Waals surface area contributed by atoms with Crippen molar-refractivity contribution in [2.75, 3.05) is 5.73 Å². The van der Waals surface area contributed by atoms with Gasteiger partial charge in [-0.3, -0.25) is 0 Å². The van der Waals surface area contributed by atoms with Crippen LogP contribution in [0.2, 0.25) is 0 Å². The van der Waals surface area contributed by atoms with Gasteiger partial charge in [0.2, 0.25) is 0 Å². The second-order valence-corrected chi connectivity index (χ2v) is 5.42. The van der Waals surface area contributed by atoms with Gasteiger partial charge < -0.3 is 5.73 Å². The van der Waals surface area contributed by atoms with E-state index >= 15 is 0 Å². The summed E-state index contributed by atoms with van der Waals surface area (Å²) in [5.41, 5.74) is 7.99. The molecule has 2 unspecified atom stereocenters. The summed E-state index contributed by atoms with van der Waals surface area (Å²) >= 11 is 0. The number of hydrogen-bond acceptors (Lipinski definition) is 1. The first-order valence-electron chi connectivity index (χ1n) is 6.58. The minimum absolute atomic E-state index is 0.870. The summed E-state index contributed by atoms with van der Waals surface area (Å²) in [5.74, 6) is 1.91. The van der Waals surface area contributed by atoms with Crippen LogP contribution in [-0.4, -0.2) is 0 Å². The van der Waals surface area contributed by atoms with Crippen LogP contribution in [0.5, 0.6) is 0 Å².